The topological polar surface area (TPSA) is 27.8 Å². The average molecular weight is 304 g/mol. The molecule has 0 radical (unpaired) electrons. The Kier molecular flexibility index (Phi) is 3.92. The van der Waals surface area contributed by atoms with E-state index >= 15 is 0 Å². The van der Waals surface area contributed by atoms with E-state index < -0.39 is 0 Å². The zero-order chi connectivity index (χ0) is 15.6. The lowest BCUT2D eigenvalue weighted by Crippen LogP contribution is -2.30. The molecule has 1 aromatic heterocycles. The summed E-state index contributed by atoms with van der Waals surface area (Å²) in [6.45, 7) is 3.38. The minimum atomic E-state index is 0.524. The second kappa shape index (κ2) is 6.21. The third-order valence-electron chi connectivity index (χ3n) is 5.01. The maximum atomic E-state index is 3.72. The second-order valence-corrected chi connectivity index (χ2v) is 6.61. The zero-order valence-corrected chi connectivity index (χ0v) is 13.7. The van der Waals surface area contributed by atoms with E-state index in [0.29, 0.717) is 6.04 Å². The number of aromatic nitrogens is 1. The number of hydrogen-bond donors (Lipinski definition) is 2. The molecule has 2 N–H and O–H groups in total. The summed E-state index contributed by atoms with van der Waals surface area (Å²) in [7, 11) is 0. The van der Waals surface area contributed by atoms with Crippen LogP contribution in [0.2, 0.25) is 0 Å². The highest BCUT2D eigenvalue weighted by atomic mass is 14.9. The van der Waals surface area contributed by atoms with E-state index in [-0.39, 0.29) is 0 Å². The third kappa shape index (κ3) is 2.79. The van der Waals surface area contributed by atoms with Gasteiger partial charge in [-0.25, -0.2) is 0 Å². The van der Waals surface area contributed by atoms with Crippen molar-refractivity contribution in [2.45, 2.75) is 38.6 Å². The molecule has 1 aliphatic heterocycles. The molecule has 0 amide bonds. The Balaban J connectivity index is 1.71. The maximum Gasteiger partial charge on any atom is 0.0454 e. The average Bonchev–Trinajstić information content (AvgIpc) is 3.03. The minimum absolute atomic E-state index is 0.524. The summed E-state index contributed by atoms with van der Waals surface area (Å²) in [6, 6.07) is 16.3. The first-order valence-electron chi connectivity index (χ1n) is 8.75. The largest absolute Gasteiger partial charge is 0.361 e. The molecular formula is C21H24N2. The lowest BCUT2D eigenvalue weighted by molar-refractivity contribution is 0.468. The molecule has 2 aromatic carbocycles. The van der Waals surface area contributed by atoms with Crippen LogP contribution in [0, 0.1) is 0 Å². The summed E-state index contributed by atoms with van der Waals surface area (Å²) in [6.07, 6.45) is 6.63. The van der Waals surface area contributed by atoms with Crippen molar-refractivity contribution in [3.63, 3.8) is 0 Å². The highest BCUT2D eigenvalue weighted by molar-refractivity contribution is 5.80. The van der Waals surface area contributed by atoms with E-state index in [2.05, 4.69) is 59.7 Å². The molecular weight excluding hydrogens is 280 g/mol. The van der Waals surface area contributed by atoms with Crippen LogP contribution in [-0.2, 0) is 12.8 Å². The molecule has 0 bridgehead atoms. The maximum absolute atomic E-state index is 3.72. The van der Waals surface area contributed by atoms with E-state index in [1.807, 2.05) is 6.20 Å². The van der Waals surface area contributed by atoms with Gasteiger partial charge in [-0.2, -0.15) is 0 Å². The van der Waals surface area contributed by atoms with Gasteiger partial charge in [-0.1, -0.05) is 37.6 Å². The summed E-state index contributed by atoms with van der Waals surface area (Å²) in [5.41, 5.74) is 7.21. The Morgan fingerprint density at radius 3 is 3.00 bits per heavy atom. The van der Waals surface area contributed by atoms with E-state index in [0.717, 1.165) is 19.4 Å². The summed E-state index contributed by atoms with van der Waals surface area (Å²) < 4.78 is 0. The quantitative estimate of drug-likeness (QED) is 0.715. The minimum Gasteiger partial charge on any atom is -0.361 e. The summed E-state index contributed by atoms with van der Waals surface area (Å²) in [5.74, 6) is 0. The molecule has 1 unspecified atom stereocenters. The SMILES string of the molecule is CCCC1NCCc2cccc(Cc3ccc4[nH]ccc4c3)c21. The monoisotopic (exact) mass is 304 g/mol. The molecule has 2 nitrogen and oxygen atoms in total. The highest BCUT2D eigenvalue weighted by Gasteiger charge is 2.21. The number of benzene rings is 2. The zero-order valence-electron chi connectivity index (χ0n) is 13.7. The Labute approximate surface area is 137 Å². The number of fused-ring (bicyclic) bond motifs is 2. The van der Waals surface area contributed by atoms with Crippen molar-refractivity contribution in [1.29, 1.82) is 0 Å². The van der Waals surface area contributed by atoms with E-state index in [9.17, 15) is 0 Å². The van der Waals surface area contributed by atoms with Gasteiger partial charge in [0.15, 0.2) is 0 Å². The van der Waals surface area contributed by atoms with Gasteiger partial charge in [0, 0.05) is 17.8 Å². The molecule has 4 rings (SSSR count). The molecule has 2 heteroatoms. The first kappa shape index (κ1) is 14.5. The predicted molar refractivity (Wildman–Crippen MR) is 96.9 cm³/mol. The van der Waals surface area contributed by atoms with Crippen LogP contribution in [0.3, 0.4) is 0 Å². The molecule has 118 valence electrons. The van der Waals surface area contributed by atoms with Crippen LogP contribution >= 0.6 is 0 Å². The van der Waals surface area contributed by atoms with E-state index in [4.69, 9.17) is 0 Å². The van der Waals surface area contributed by atoms with Crippen molar-refractivity contribution in [3.05, 3.63) is 70.9 Å². The fourth-order valence-corrected chi connectivity index (χ4v) is 3.94. The summed E-state index contributed by atoms with van der Waals surface area (Å²) >= 11 is 0. The summed E-state index contributed by atoms with van der Waals surface area (Å²) in [4.78, 5) is 3.27. The molecule has 0 fully saturated rings. The fourth-order valence-electron chi connectivity index (χ4n) is 3.94. The van der Waals surface area contributed by atoms with Crippen LogP contribution in [-0.4, -0.2) is 11.5 Å². The van der Waals surface area contributed by atoms with Crippen LogP contribution in [0.4, 0.5) is 0 Å². The van der Waals surface area contributed by atoms with E-state index in [1.165, 1.54) is 34.9 Å². The first-order valence-corrected chi connectivity index (χ1v) is 8.75. The second-order valence-electron chi connectivity index (χ2n) is 6.61. The molecule has 0 saturated heterocycles. The molecule has 0 spiro atoms. The van der Waals surface area contributed by atoms with Crippen molar-refractivity contribution < 1.29 is 0 Å². The molecule has 1 aliphatic rings. The van der Waals surface area contributed by atoms with Crippen LogP contribution < -0.4 is 5.32 Å². The number of aromatic amines is 1. The highest BCUT2D eigenvalue weighted by Crippen LogP contribution is 2.31. The van der Waals surface area contributed by atoms with Crippen molar-refractivity contribution in [2.75, 3.05) is 6.54 Å². The molecule has 3 aromatic rings. The number of nitrogens with one attached hydrogen (secondary N) is 2. The Morgan fingerprint density at radius 2 is 2.09 bits per heavy atom. The number of H-pyrrole nitrogens is 1. The molecule has 1 atom stereocenters. The standard InChI is InChI=1S/C21H24N2/c1-2-4-20-21-16(9-11-23-20)5-3-6-18(21)14-15-7-8-19-17(13-15)10-12-22-19/h3,5-8,10,12-13,20,22-23H,2,4,9,11,14H2,1H3. The normalized spacial score (nSPS) is 17.3. The van der Waals surface area contributed by atoms with E-state index in [1.54, 1.807) is 11.1 Å². The molecule has 0 saturated carbocycles. The van der Waals surface area contributed by atoms with Crippen LogP contribution in [0.1, 0.15) is 48.1 Å². The van der Waals surface area contributed by atoms with Crippen molar-refractivity contribution in [3.8, 4) is 0 Å². The Bertz CT molecular complexity index is 816. The van der Waals surface area contributed by atoms with Gasteiger partial charge < -0.3 is 10.3 Å². The van der Waals surface area contributed by atoms with Gasteiger partial charge in [0.2, 0.25) is 0 Å². The van der Waals surface area contributed by atoms with Crippen LogP contribution in [0.25, 0.3) is 10.9 Å². The smallest absolute Gasteiger partial charge is 0.0454 e. The molecule has 2 heterocycles. The number of hydrogen-bond acceptors (Lipinski definition) is 1. The first-order chi connectivity index (χ1) is 11.3. The lowest BCUT2D eigenvalue weighted by atomic mass is 9.85. The Hall–Kier alpha value is -2.06. The van der Waals surface area contributed by atoms with Gasteiger partial charge in [0.25, 0.3) is 0 Å². The van der Waals surface area contributed by atoms with Crippen LogP contribution in [0.5, 0.6) is 0 Å². The van der Waals surface area contributed by atoms with Crippen LogP contribution in [0.15, 0.2) is 48.7 Å². The molecule has 23 heavy (non-hydrogen) atoms. The number of rotatable bonds is 4. The summed E-state index contributed by atoms with van der Waals surface area (Å²) in [5, 5.41) is 5.02. The van der Waals surface area contributed by atoms with Gasteiger partial charge in [-0.05, 0) is 71.6 Å². The molecule has 0 aliphatic carbocycles. The van der Waals surface area contributed by atoms with Gasteiger partial charge in [-0.15, -0.1) is 0 Å². The fraction of sp³-hybridized carbons (Fsp3) is 0.333. The Morgan fingerprint density at radius 1 is 1.13 bits per heavy atom. The van der Waals surface area contributed by atoms with Crippen molar-refractivity contribution in [2.24, 2.45) is 0 Å². The lowest BCUT2D eigenvalue weighted by Gasteiger charge is -2.29. The predicted octanol–water partition coefficient (Wildman–Crippen LogP) is 4.75. The van der Waals surface area contributed by atoms with Crippen molar-refractivity contribution >= 4 is 10.9 Å². The van der Waals surface area contributed by atoms with Crippen molar-refractivity contribution in [1.82, 2.24) is 10.3 Å². The van der Waals surface area contributed by atoms with Gasteiger partial charge >= 0.3 is 0 Å². The van der Waals surface area contributed by atoms with Gasteiger partial charge in [0.05, 0.1) is 0 Å². The van der Waals surface area contributed by atoms with Gasteiger partial charge in [0.1, 0.15) is 0 Å². The van der Waals surface area contributed by atoms with Gasteiger partial charge in [-0.3, -0.25) is 0 Å². The third-order valence-corrected chi connectivity index (χ3v) is 5.01.